The van der Waals surface area contributed by atoms with Gasteiger partial charge in [-0.25, -0.2) is 4.57 Å². The molecule has 0 radical (unpaired) electrons. The first-order valence-electron chi connectivity index (χ1n) is 8.66. The third kappa shape index (κ3) is 24.0. The van der Waals surface area contributed by atoms with Crippen LogP contribution in [0.5, 0.6) is 0 Å². The van der Waals surface area contributed by atoms with E-state index in [9.17, 15) is 9.36 Å². The molecule has 4 N–H and O–H groups in total. The van der Waals surface area contributed by atoms with Gasteiger partial charge in [-0.3, -0.25) is 4.79 Å². The average molecular weight is 353 g/mol. The Balaban J connectivity index is 0. The first-order chi connectivity index (χ1) is 10.5. The number of hydrogen-bond acceptors (Lipinski definition) is 2. The van der Waals surface area contributed by atoms with Gasteiger partial charge in [0.1, 0.15) is 0 Å². The molecule has 0 rings (SSSR count). The van der Waals surface area contributed by atoms with Crippen LogP contribution < -0.4 is 5.73 Å². The van der Waals surface area contributed by atoms with Crippen molar-refractivity contribution in [3.63, 3.8) is 0 Å². The zero-order valence-corrected chi connectivity index (χ0v) is 16.4. The Bertz CT molecular complexity index is 337. The molecule has 0 unspecified atom stereocenters. The van der Waals surface area contributed by atoms with E-state index in [0.717, 1.165) is 4.48 Å². The summed E-state index contributed by atoms with van der Waals surface area (Å²) < 4.78 is 10.7. The molecule has 0 heterocycles. The van der Waals surface area contributed by atoms with Gasteiger partial charge in [0.25, 0.3) is 0 Å². The normalized spacial score (nSPS) is 11.7. The Morgan fingerprint density at radius 1 is 0.870 bits per heavy atom. The van der Waals surface area contributed by atoms with Crippen LogP contribution in [0.15, 0.2) is 0 Å². The fourth-order valence-corrected chi connectivity index (χ4v) is 2.07. The van der Waals surface area contributed by atoms with E-state index in [-0.39, 0.29) is 0 Å². The molecule has 0 spiro atoms. The van der Waals surface area contributed by atoms with Gasteiger partial charge in [0, 0.05) is 0 Å². The fraction of sp³-hybridized carbons (Fsp3) is 0.938. The van der Waals surface area contributed by atoms with E-state index in [1.807, 2.05) is 0 Å². The summed E-state index contributed by atoms with van der Waals surface area (Å²) in [5.41, 5.74) is 2.58. The molecule has 1 amide bonds. The second-order valence-electron chi connectivity index (χ2n) is 7.08. The molecule has 7 heteroatoms. The van der Waals surface area contributed by atoms with Gasteiger partial charge in [0.2, 0.25) is 0 Å². The predicted molar refractivity (Wildman–Crippen MR) is 96.4 cm³/mol. The maximum absolute atomic E-state index is 9.55. The molecule has 0 saturated carbocycles. The van der Waals surface area contributed by atoms with Crippen LogP contribution in [-0.4, -0.2) is 47.6 Å². The van der Waals surface area contributed by atoms with E-state index in [1.165, 1.54) is 70.8 Å². The number of primary amides is 1. The van der Waals surface area contributed by atoms with Crippen molar-refractivity contribution in [3.05, 3.63) is 0 Å². The van der Waals surface area contributed by atoms with Crippen molar-refractivity contribution in [2.24, 2.45) is 5.73 Å². The molecule has 0 aliphatic heterocycles. The molecule has 0 saturated heterocycles. The van der Waals surface area contributed by atoms with E-state index in [0.29, 0.717) is 0 Å². The minimum atomic E-state index is -4.60. The SMILES string of the molecule is CCCCCCCCCCCC[N+](C)(C)C.NC(=O)P(=O)(O)O. The molecular formula is C16H38N2O4P+. The Kier molecular flexibility index (Phi) is 15.1. The van der Waals surface area contributed by atoms with Crippen molar-refractivity contribution in [3.8, 4) is 0 Å². The van der Waals surface area contributed by atoms with E-state index < -0.39 is 13.2 Å². The highest BCUT2D eigenvalue weighted by atomic mass is 31.2. The highest BCUT2D eigenvalue weighted by Gasteiger charge is 2.20. The van der Waals surface area contributed by atoms with Crippen LogP contribution in [0.4, 0.5) is 4.79 Å². The van der Waals surface area contributed by atoms with Gasteiger partial charge in [0.15, 0.2) is 0 Å². The number of rotatable bonds is 12. The van der Waals surface area contributed by atoms with Gasteiger partial charge in [-0.1, -0.05) is 58.3 Å². The number of carbonyl (C=O) groups excluding carboxylic acids is 1. The Hall–Kier alpha value is -0.420. The van der Waals surface area contributed by atoms with Crippen LogP contribution in [0.25, 0.3) is 0 Å². The minimum Gasteiger partial charge on any atom is -0.359 e. The molecule has 6 nitrogen and oxygen atoms in total. The molecule has 140 valence electrons. The molecule has 0 fully saturated rings. The Morgan fingerprint density at radius 3 is 1.43 bits per heavy atom. The lowest BCUT2D eigenvalue weighted by Crippen LogP contribution is -2.35. The summed E-state index contributed by atoms with van der Waals surface area (Å²) in [5, 5.41) is 0. The lowest BCUT2D eigenvalue weighted by atomic mass is 10.1. The minimum absolute atomic E-state index is 1.12. The first-order valence-corrected chi connectivity index (χ1v) is 10.3. The van der Waals surface area contributed by atoms with E-state index >= 15 is 0 Å². The van der Waals surface area contributed by atoms with Crippen LogP contribution in [-0.2, 0) is 4.57 Å². The molecule has 0 aromatic heterocycles. The molecular weight excluding hydrogens is 315 g/mol. The van der Waals surface area contributed by atoms with Crippen LogP contribution in [0.1, 0.15) is 71.1 Å². The van der Waals surface area contributed by atoms with Crippen molar-refractivity contribution < 1.29 is 23.6 Å². The number of nitrogens with zero attached hydrogens (tertiary/aromatic N) is 1. The summed E-state index contributed by atoms with van der Waals surface area (Å²) >= 11 is 0. The highest BCUT2D eigenvalue weighted by molar-refractivity contribution is 7.69. The summed E-state index contributed by atoms with van der Waals surface area (Å²) in [7, 11) is 2.26. The van der Waals surface area contributed by atoms with Crippen molar-refractivity contribution in [2.45, 2.75) is 71.1 Å². The van der Waals surface area contributed by atoms with Gasteiger partial charge < -0.3 is 20.0 Å². The maximum Gasteiger partial charge on any atom is 0.412 e. The highest BCUT2D eigenvalue weighted by Crippen LogP contribution is 2.33. The largest absolute Gasteiger partial charge is 0.412 e. The summed E-state index contributed by atoms with van der Waals surface area (Å²) in [4.78, 5) is 24.9. The summed E-state index contributed by atoms with van der Waals surface area (Å²) in [5.74, 6) is 0. The zero-order chi connectivity index (χ0) is 18.4. The summed E-state index contributed by atoms with van der Waals surface area (Å²) in [6.07, 6.45) is 14.4. The fourth-order valence-electron chi connectivity index (χ4n) is 2.07. The molecule has 0 aliphatic carbocycles. The molecule has 0 aromatic carbocycles. The van der Waals surface area contributed by atoms with Crippen LogP contribution in [0.3, 0.4) is 0 Å². The van der Waals surface area contributed by atoms with Gasteiger partial charge in [-0.15, -0.1) is 0 Å². The van der Waals surface area contributed by atoms with Gasteiger partial charge >= 0.3 is 13.2 Å². The monoisotopic (exact) mass is 353 g/mol. The van der Waals surface area contributed by atoms with Crippen molar-refractivity contribution in [2.75, 3.05) is 27.7 Å². The number of hydrogen-bond donors (Lipinski definition) is 3. The summed E-state index contributed by atoms with van der Waals surface area (Å²) in [6, 6.07) is 0. The maximum atomic E-state index is 9.55. The second-order valence-corrected chi connectivity index (χ2v) is 8.61. The van der Waals surface area contributed by atoms with Crippen LogP contribution in [0.2, 0.25) is 0 Å². The standard InChI is InChI=1S/C15H34N.CH4NO4P/c1-5-6-7-8-9-10-11-12-13-14-15-16(2,3)4;2-1(3)7(4,5)6/h5-15H2,1-4H3;(H2,2,3)(H2,4,5,6)/q+1;. The third-order valence-electron chi connectivity index (χ3n) is 3.47. The van der Waals surface area contributed by atoms with Gasteiger partial charge in [0.05, 0.1) is 27.7 Å². The third-order valence-corrected chi connectivity index (χ3v) is 4.04. The zero-order valence-electron chi connectivity index (χ0n) is 15.5. The second kappa shape index (κ2) is 14.0. The molecule has 23 heavy (non-hydrogen) atoms. The molecule has 0 atom stereocenters. The van der Waals surface area contributed by atoms with Gasteiger partial charge in [-0.2, -0.15) is 0 Å². The van der Waals surface area contributed by atoms with Gasteiger partial charge in [-0.05, 0) is 12.8 Å². The first kappa shape index (κ1) is 24.8. The molecule has 0 aliphatic rings. The number of nitrogens with two attached hydrogens (primary N) is 1. The number of unbranched alkanes of at least 4 members (excludes halogenated alkanes) is 9. The lowest BCUT2D eigenvalue weighted by Gasteiger charge is -2.23. The number of quaternary nitrogens is 1. The predicted octanol–water partition coefficient (Wildman–Crippen LogP) is 3.86. The Labute approximate surface area is 142 Å². The molecule has 0 bridgehead atoms. The number of carbonyl (C=O) groups is 1. The van der Waals surface area contributed by atoms with E-state index in [1.54, 1.807) is 0 Å². The molecule has 0 aromatic rings. The van der Waals surface area contributed by atoms with Crippen LogP contribution in [0, 0.1) is 0 Å². The quantitative estimate of drug-likeness (QED) is 0.282. The van der Waals surface area contributed by atoms with E-state index in [2.05, 4.69) is 33.8 Å². The van der Waals surface area contributed by atoms with Crippen molar-refractivity contribution in [1.29, 1.82) is 0 Å². The summed E-state index contributed by atoms with van der Waals surface area (Å²) in [6.45, 7) is 3.62. The average Bonchev–Trinajstić information content (AvgIpc) is 2.39. The van der Waals surface area contributed by atoms with Crippen molar-refractivity contribution >= 4 is 13.2 Å². The smallest absolute Gasteiger partial charge is 0.359 e. The van der Waals surface area contributed by atoms with Crippen LogP contribution >= 0.6 is 7.60 Å². The lowest BCUT2D eigenvalue weighted by molar-refractivity contribution is -0.870. The topological polar surface area (TPSA) is 101 Å². The Morgan fingerprint density at radius 2 is 1.17 bits per heavy atom. The van der Waals surface area contributed by atoms with Crippen molar-refractivity contribution in [1.82, 2.24) is 0 Å². The van der Waals surface area contributed by atoms with E-state index in [4.69, 9.17) is 9.79 Å². The number of amides is 1.